The van der Waals surface area contributed by atoms with Gasteiger partial charge in [0.2, 0.25) is 0 Å². The van der Waals surface area contributed by atoms with Gasteiger partial charge < -0.3 is 4.57 Å². The van der Waals surface area contributed by atoms with Gasteiger partial charge in [0.1, 0.15) is 5.82 Å². The number of hydrogen-bond acceptors (Lipinski definition) is 1. The Morgan fingerprint density at radius 2 is 1.20 bits per heavy atom. The molecule has 0 aliphatic heterocycles. The van der Waals surface area contributed by atoms with Crippen molar-refractivity contribution in [1.29, 1.82) is 0 Å². The van der Waals surface area contributed by atoms with E-state index in [4.69, 9.17) is 4.98 Å². The van der Waals surface area contributed by atoms with E-state index in [-0.39, 0.29) is 0 Å². The fourth-order valence-corrected chi connectivity index (χ4v) is 4.80. The minimum absolute atomic E-state index is 0.735. The molecule has 0 saturated heterocycles. The van der Waals surface area contributed by atoms with E-state index in [1.54, 1.807) is 0 Å². The predicted molar refractivity (Wildman–Crippen MR) is 131 cm³/mol. The van der Waals surface area contributed by atoms with Gasteiger partial charge in [0.15, 0.2) is 0 Å². The Morgan fingerprint density at radius 3 is 1.73 bits per heavy atom. The molecule has 2 nitrogen and oxygen atoms in total. The minimum Gasteiger partial charge on any atom is -0.328 e. The van der Waals surface area contributed by atoms with Crippen LogP contribution in [-0.2, 0) is 6.54 Å². The number of fused-ring (bicyclic) bond motifs is 1. The van der Waals surface area contributed by atoms with E-state index < -0.39 is 0 Å². The zero-order valence-electron chi connectivity index (χ0n) is 19.7. The molecule has 1 heterocycles. The van der Waals surface area contributed by atoms with Crippen LogP contribution in [0.15, 0.2) is 24.3 Å². The normalized spacial score (nSPS) is 14.0. The molecule has 0 radical (unpaired) electrons. The maximum Gasteiger partial charge on any atom is 0.112 e. The Bertz CT molecular complexity index is 698. The van der Waals surface area contributed by atoms with Crippen molar-refractivity contribution in [3.05, 3.63) is 30.1 Å². The molecule has 0 unspecified atom stereocenters. The second kappa shape index (κ2) is 13.9. The fraction of sp³-hybridized carbons (Fsp3) is 0.750. The molecule has 1 saturated carbocycles. The lowest BCUT2D eigenvalue weighted by Crippen LogP contribution is -2.03. The summed E-state index contributed by atoms with van der Waals surface area (Å²) >= 11 is 0. The number of imidazole rings is 1. The number of benzene rings is 1. The number of rotatable bonds is 18. The summed E-state index contributed by atoms with van der Waals surface area (Å²) in [7, 11) is 0. The fourth-order valence-electron chi connectivity index (χ4n) is 4.80. The molecule has 3 rings (SSSR count). The van der Waals surface area contributed by atoms with Crippen LogP contribution in [-0.4, -0.2) is 9.55 Å². The highest BCUT2D eigenvalue weighted by Crippen LogP contribution is 2.40. The Balaban J connectivity index is 1.16. The van der Waals surface area contributed by atoms with Gasteiger partial charge in [-0.05, 0) is 31.4 Å². The highest BCUT2D eigenvalue weighted by Gasteiger charge is 2.29. The lowest BCUT2D eigenvalue weighted by atomic mass is 10.0. The quantitative estimate of drug-likeness (QED) is 0.224. The summed E-state index contributed by atoms with van der Waals surface area (Å²) < 4.78 is 2.52. The van der Waals surface area contributed by atoms with Crippen LogP contribution in [0.3, 0.4) is 0 Å². The first kappa shape index (κ1) is 23.4. The summed E-state index contributed by atoms with van der Waals surface area (Å²) in [4.78, 5) is 4.93. The van der Waals surface area contributed by atoms with Crippen LogP contribution in [0.4, 0.5) is 0 Å². The number of para-hydroxylation sites is 2. The van der Waals surface area contributed by atoms with Gasteiger partial charge >= 0.3 is 0 Å². The Kier molecular flexibility index (Phi) is 10.8. The zero-order chi connectivity index (χ0) is 20.9. The summed E-state index contributed by atoms with van der Waals surface area (Å²) in [5, 5.41) is 0. The van der Waals surface area contributed by atoms with Crippen molar-refractivity contribution >= 4 is 11.0 Å². The molecule has 0 atom stereocenters. The second-order valence-electron chi connectivity index (χ2n) is 9.69. The predicted octanol–water partition coefficient (Wildman–Crippen LogP) is 9.18. The van der Waals surface area contributed by atoms with Gasteiger partial charge in [-0.25, -0.2) is 4.98 Å². The number of aryl methyl sites for hydroxylation is 1. The van der Waals surface area contributed by atoms with E-state index in [9.17, 15) is 0 Å². The molecule has 168 valence electrons. The molecule has 1 fully saturated rings. The molecule has 0 bridgehead atoms. The van der Waals surface area contributed by atoms with Crippen LogP contribution in [0.5, 0.6) is 0 Å². The van der Waals surface area contributed by atoms with E-state index in [0.29, 0.717) is 0 Å². The van der Waals surface area contributed by atoms with Gasteiger partial charge in [-0.2, -0.15) is 0 Å². The molecule has 1 aliphatic carbocycles. The van der Waals surface area contributed by atoms with E-state index in [0.717, 1.165) is 12.5 Å². The number of aromatic nitrogens is 2. The second-order valence-corrected chi connectivity index (χ2v) is 9.69. The number of hydrogen-bond donors (Lipinski definition) is 0. The summed E-state index contributed by atoms with van der Waals surface area (Å²) in [6.45, 7) is 3.46. The minimum atomic E-state index is 0.735. The summed E-state index contributed by atoms with van der Waals surface area (Å²) in [6.07, 6.45) is 25.6. The van der Waals surface area contributed by atoms with E-state index in [1.807, 2.05) is 0 Å². The molecule has 1 aromatic carbocycles. The van der Waals surface area contributed by atoms with Crippen molar-refractivity contribution in [2.45, 2.75) is 135 Å². The zero-order valence-corrected chi connectivity index (χ0v) is 19.7. The molecule has 0 amide bonds. The van der Waals surface area contributed by atoms with Gasteiger partial charge in [-0.3, -0.25) is 0 Å². The highest BCUT2D eigenvalue weighted by atomic mass is 15.1. The Labute approximate surface area is 185 Å². The van der Waals surface area contributed by atoms with Crippen molar-refractivity contribution in [1.82, 2.24) is 9.55 Å². The smallest absolute Gasteiger partial charge is 0.112 e. The average molecular weight is 411 g/mol. The first-order valence-corrected chi connectivity index (χ1v) is 13.4. The van der Waals surface area contributed by atoms with Gasteiger partial charge in [0.05, 0.1) is 11.0 Å². The molecular weight excluding hydrogens is 364 g/mol. The summed E-state index contributed by atoms with van der Waals surface area (Å²) in [5.74, 6) is 2.09. The van der Waals surface area contributed by atoms with Crippen molar-refractivity contribution in [2.75, 3.05) is 0 Å². The molecule has 2 heteroatoms. The third-order valence-corrected chi connectivity index (χ3v) is 6.86. The molecule has 1 aliphatic rings. The first-order valence-electron chi connectivity index (χ1n) is 13.4. The lowest BCUT2D eigenvalue weighted by molar-refractivity contribution is 0.520. The first-order chi connectivity index (χ1) is 14.9. The van der Waals surface area contributed by atoms with Gasteiger partial charge in [0.25, 0.3) is 0 Å². The summed E-state index contributed by atoms with van der Waals surface area (Å²) in [5.41, 5.74) is 2.54. The molecule has 1 aromatic heterocycles. The topological polar surface area (TPSA) is 17.8 Å². The van der Waals surface area contributed by atoms with Crippen molar-refractivity contribution < 1.29 is 0 Å². The molecule has 2 aromatic rings. The number of unbranched alkanes of at least 4 members (excludes halogenated alkanes) is 15. The molecule has 0 spiro atoms. The van der Waals surface area contributed by atoms with Crippen molar-refractivity contribution in [3.63, 3.8) is 0 Å². The SMILES string of the molecule is CCCCCCCCCCCCCCCCCCn1c(C2CC2)nc2ccccc21. The van der Waals surface area contributed by atoms with E-state index >= 15 is 0 Å². The van der Waals surface area contributed by atoms with E-state index in [2.05, 4.69) is 35.8 Å². The number of nitrogens with zero attached hydrogens (tertiary/aromatic N) is 2. The van der Waals surface area contributed by atoms with Crippen LogP contribution in [0.1, 0.15) is 134 Å². The molecular formula is C28H46N2. The Hall–Kier alpha value is -1.31. The van der Waals surface area contributed by atoms with Crippen LogP contribution in [0.2, 0.25) is 0 Å². The molecule has 30 heavy (non-hydrogen) atoms. The lowest BCUT2D eigenvalue weighted by Gasteiger charge is -2.09. The van der Waals surface area contributed by atoms with Crippen LogP contribution in [0.25, 0.3) is 11.0 Å². The standard InChI is InChI=1S/C28H46N2/c1-2-3-4-5-6-7-8-9-10-11-12-13-14-15-16-19-24-30-27-21-18-17-20-26(27)29-28(30)25-22-23-25/h17-18,20-21,25H,2-16,19,22-24H2,1H3. The van der Waals surface area contributed by atoms with E-state index in [1.165, 1.54) is 132 Å². The highest BCUT2D eigenvalue weighted by molar-refractivity contribution is 5.76. The van der Waals surface area contributed by atoms with Gasteiger partial charge in [-0.1, -0.05) is 115 Å². The monoisotopic (exact) mass is 410 g/mol. The maximum absolute atomic E-state index is 4.93. The molecule has 0 N–H and O–H groups in total. The van der Waals surface area contributed by atoms with Crippen LogP contribution >= 0.6 is 0 Å². The largest absolute Gasteiger partial charge is 0.328 e. The van der Waals surface area contributed by atoms with Crippen molar-refractivity contribution in [3.8, 4) is 0 Å². The third kappa shape index (κ3) is 8.08. The van der Waals surface area contributed by atoms with Crippen LogP contribution < -0.4 is 0 Å². The van der Waals surface area contributed by atoms with Crippen LogP contribution in [0, 0.1) is 0 Å². The van der Waals surface area contributed by atoms with Crippen molar-refractivity contribution in [2.24, 2.45) is 0 Å². The average Bonchev–Trinajstić information content (AvgIpc) is 3.55. The van der Waals surface area contributed by atoms with Gasteiger partial charge in [-0.15, -0.1) is 0 Å². The maximum atomic E-state index is 4.93. The van der Waals surface area contributed by atoms with Gasteiger partial charge in [0, 0.05) is 12.5 Å². The summed E-state index contributed by atoms with van der Waals surface area (Å²) in [6, 6.07) is 8.70. The third-order valence-electron chi connectivity index (χ3n) is 6.86. The Morgan fingerprint density at radius 1 is 0.700 bits per heavy atom.